The average Bonchev–Trinajstić information content (AvgIpc) is 2.75. The third-order valence-electron chi connectivity index (χ3n) is 4.98. The normalized spacial score (nSPS) is 13.5. The first-order chi connectivity index (χ1) is 14.0. The van der Waals surface area contributed by atoms with Gasteiger partial charge in [0.05, 0.1) is 7.11 Å². The Morgan fingerprint density at radius 2 is 2.00 bits per heavy atom. The van der Waals surface area contributed by atoms with E-state index in [4.69, 9.17) is 4.74 Å². The maximum absolute atomic E-state index is 12.4. The number of nitriles is 1. The number of fused-ring (bicyclic) bond motifs is 1. The van der Waals surface area contributed by atoms with Crippen LogP contribution in [0.4, 0.5) is 5.69 Å². The van der Waals surface area contributed by atoms with Crippen LogP contribution in [-0.2, 0) is 22.4 Å². The van der Waals surface area contributed by atoms with Gasteiger partial charge in [0, 0.05) is 25.7 Å². The summed E-state index contributed by atoms with van der Waals surface area (Å²) in [6.45, 7) is 0.432. The molecule has 0 saturated carbocycles. The van der Waals surface area contributed by atoms with E-state index in [-0.39, 0.29) is 11.5 Å². The Balaban J connectivity index is 1.64. The van der Waals surface area contributed by atoms with Gasteiger partial charge in [-0.05, 0) is 59.9 Å². The number of ether oxygens (including phenoxy) is 1. The highest BCUT2D eigenvalue weighted by Crippen LogP contribution is 2.28. The molecule has 2 amide bonds. The van der Waals surface area contributed by atoms with E-state index in [1.165, 1.54) is 0 Å². The number of benzene rings is 2. The number of anilines is 1. The van der Waals surface area contributed by atoms with E-state index < -0.39 is 5.91 Å². The lowest BCUT2D eigenvalue weighted by molar-refractivity contribution is -0.118. The van der Waals surface area contributed by atoms with Crippen LogP contribution in [0.5, 0.6) is 5.75 Å². The fourth-order valence-corrected chi connectivity index (χ4v) is 3.29. The Kier molecular flexibility index (Phi) is 6.30. The Morgan fingerprint density at radius 3 is 2.69 bits per heavy atom. The predicted molar refractivity (Wildman–Crippen MR) is 111 cm³/mol. The van der Waals surface area contributed by atoms with Crippen molar-refractivity contribution >= 4 is 23.6 Å². The SMILES string of the molecule is COc1ccc(CCNC(=O)/C(C#N)=C\c2ccc3c(c2)CCC(=O)N3C)cc1. The third-order valence-corrected chi connectivity index (χ3v) is 4.98. The molecule has 1 aliphatic heterocycles. The summed E-state index contributed by atoms with van der Waals surface area (Å²) in [6, 6.07) is 15.2. The van der Waals surface area contributed by atoms with Crippen molar-refractivity contribution in [3.05, 3.63) is 64.7 Å². The summed E-state index contributed by atoms with van der Waals surface area (Å²) in [5, 5.41) is 12.2. The molecule has 0 fully saturated rings. The second-order valence-corrected chi connectivity index (χ2v) is 6.86. The Morgan fingerprint density at radius 1 is 1.24 bits per heavy atom. The highest BCUT2D eigenvalue weighted by atomic mass is 16.5. The van der Waals surface area contributed by atoms with E-state index in [1.54, 1.807) is 25.1 Å². The summed E-state index contributed by atoms with van der Waals surface area (Å²) in [6.07, 6.45) is 3.37. The van der Waals surface area contributed by atoms with Crippen LogP contribution in [-0.4, -0.2) is 32.5 Å². The molecule has 0 atom stereocenters. The zero-order chi connectivity index (χ0) is 20.8. The van der Waals surface area contributed by atoms with Gasteiger partial charge in [-0.2, -0.15) is 5.26 Å². The first-order valence-corrected chi connectivity index (χ1v) is 9.44. The number of hydrogen-bond acceptors (Lipinski definition) is 4. The van der Waals surface area contributed by atoms with E-state index in [2.05, 4.69) is 5.32 Å². The molecule has 29 heavy (non-hydrogen) atoms. The minimum Gasteiger partial charge on any atom is -0.497 e. The van der Waals surface area contributed by atoms with Crippen LogP contribution in [0.15, 0.2) is 48.0 Å². The molecule has 1 aliphatic rings. The van der Waals surface area contributed by atoms with Crippen molar-refractivity contribution in [3.63, 3.8) is 0 Å². The van der Waals surface area contributed by atoms with Crippen LogP contribution in [0.1, 0.15) is 23.1 Å². The number of nitrogens with zero attached hydrogens (tertiary/aromatic N) is 2. The number of amides is 2. The van der Waals surface area contributed by atoms with Gasteiger partial charge in [0.2, 0.25) is 5.91 Å². The number of methoxy groups -OCH3 is 1. The second kappa shape index (κ2) is 9.07. The summed E-state index contributed by atoms with van der Waals surface area (Å²) in [4.78, 5) is 25.8. The van der Waals surface area contributed by atoms with Gasteiger partial charge in [0.25, 0.3) is 5.91 Å². The minimum absolute atomic E-state index is 0.0555. The lowest BCUT2D eigenvalue weighted by atomic mass is 9.98. The maximum atomic E-state index is 12.4. The molecular weight excluding hydrogens is 366 g/mol. The van der Waals surface area contributed by atoms with Crippen molar-refractivity contribution < 1.29 is 14.3 Å². The van der Waals surface area contributed by atoms with E-state index in [0.717, 1.165) is 28.1 Å². The Bertz CT molecular complexity index is 987. The lowest BCUT2D eigenvalue weighted by Crippen LogP contribution is -2.31. The predicted octanol–water partition coefficient (Wildman–Crippen LogP) is 2.87. The summed E-state index contributed by atoms with van der Waals surface area (Å²) >= 11 is 0. The molecule has 6 heteroatoms. The number of nitrogens with one attached hydrogen (secondary N) is 1. The number of aryl methyl sites for hydroxylation is 1. The summed E-state index contributed by atoms with van der Waals surface area (Å²) in [7, 11) is 3.37. The van der Waals surface area contributed by atoms with Gasteiger partial charge in [-0.3, -0.25) is 9.59 Å². The highest BCUT2D eigenvalue weighted by Gasteiger charge is 2.20. The first-order valence-electron chi connectivity index (χ1n) is 9.44. The fraction of sp³-hybridized carbons (Fsp3) is 0.261. The van der Waals surface area contributed by atoms with Crippen molar-refractivity contribution in [1.82, 2.24) is 5.32 Å². The summed E-state index contributed by atoms with van der Waals surface area (Å²) in [5.41, 5.74) is 3.81. The number of hydrogen-bond donors (Lipinski definition) is 1. The Labute approximate surface area is 170 Å². The van der Waals surface area contributed by atoms with E-state index in [0.29, 0.717) is 25.8 Å². The van der Waals surface area contributed by atoms with Crippen LogP contribution in [0.3, 0.4) is 0 Å². The van der Waals surface area contributed by atoms with Gasteiger partial charge in [-0.1, -0.05) is 18.2 Å². The summed E-state index contributed by atoms with van der Waals surface area (Å²) < 4.78 is 5.13. The van der Waals surface area contributed by atoms with Gasteiger partial charge in [0.15, 0.2) is 0 Å². The number of carbonyl (C=O) groups is 2. The van der Waals surface area contributed by atoms with Crippen molar-refractivity contribution in [2.24, 2.45) is 0 Å². The highest BCUT2D eigenvalue weighted by molar-refractivity contribution is 6.02. The fourth-order valence-electron chi connectivity index (χ4n) is 3.29. The molecule has 3 rings (SSSR count). The molecule has 2 aromatic carbocycles. The molecule has 6 nitrogen and oxygen atoms in total. The lowest BCUT2D eigenvalue weighted by Gasteiger charge is -2.25. The van der Waals surface area contributed by atoms with Gasteiger partial charge >= 0.3 is 0 Å². The molecule has 0 bridgehead atoms. The molecule has 0 saturated heterocycles. The average molecular weight is 389 g/mol. The third kappa shape index (κ3) is 4.82. The molecule has 0 aliphatic carbocycles. The number of rotatable bonds is 6. The molecule has 1 heterocycles. The molecule has 0 unspecified atom stereocenters. The smallest absolute Gasteiger partial charge is 0.261 e. The molecule has 0 radical (unpaired) electrons. The first kappa shape index (κ1) is 20.2. The molecule has 148 valence electrons. The Hall–Kier alpha value is -3.59. The minimum atomic E-state index is -0.397. The number of carbonyl (C=O) groups excluding carboxylic acids is 2. The quantitative estimate of drug-likeness (QED) is 0.608. The molecule has 0 aromatic heterocycles. The van der Waals surface area contributed by atoms with Crippen LogP contribution in [0.2, 0.25) is 0 Å². The van der Waals surface area contributed by atoms with E-state index in [9.17, 15) is 14.9 Å². The maximum Gasteiger partial charge on any atom is 0.261 e. The standard InChI is InChI=1S/C23H23N3O3/c1-26-21-9-5-17(13-18(21)6-10-22(26)27)14-19(15-24)23(28)25-12-11-16-3-7-20(29-2)8-4-16/h3-5,7-9,13-14H,6,10-12H2,1-2H3,(H,25,28)/b19-14-. The monoisotopic (exact) mass is 389 g/mol. The van der Waals surface area contributed by atoms with Gasteiger partial charge < -0.3 is 15.0 Å². The zero-order valence-electron chi connectivity index (χ0n) is 16.6. The molecule has 1 N–H and O–H groups in total. The van der Waals surface area contributed by atoms with Crippen LogP contribution in [0, 0.1) is 11.3 Å². The second-order valence-electron chi connectivity index (χ2n) is 6.86. The van der Waals surface area contributed by atoms with Gasteiger partial charge in [-0.15, -0.1) is 0 Å². The molecule has 0 spiro atoms. The van der Waals surface area contributed by atoms with Crippen molar-refractivity contribution in [2.75, 3.05) is 25.6 Å². The zero-order valence-corrected chi connectivity index (χ0v) is 16.6. The molecule has 2 aromatic rings. The molecular formula is C23H23N3O3. The van der Waals surface area contributed by atoms with Crippen LogP contribution in [0.25, 0.3) is 6.08 Å². The van der Waals surface area contributed by atoms with Gasteiger partial charge in [-0.25, -0.2) is 0 Å². The van der Waals surface area contributed by atoms with E-state index in [1.807, 2.05) is 48.5 Å². The van der Waals surface area contributed by atoms with Crippen LogP contribution >= 0.6 is 0 Å². The van der Waals surface area contributed by atoms with Crippen molar-refractivity contribution in [1.29, 1.82) is 5.26 Å². The summed E-state index contributed by atoms with van der Waals surface area (Å²) in [5.74, 6) is 0.480. The largest absolute Gasteiger partial charge is 0.497 e. The van der Waals surface area contributed by atoms with Crippen molar-refractivity contribution in [2.45, 2.75) is 19.3 Å². The van der Waals surface area contributed by atoms with Gasteiger partial charge in [0.1, 0.15) is 17.4 Å². The van der Waals surface area contributed by atoms with Crippen molar-refractivity contribution in [3.8, 4) is 11.8 Å². The van der Waals surface area contributed by atoms with Crippen LogP contribution < -0.4 is 15.0 Å². The topological polar surface area (TPSA) is 82.4 Å². The van der Waals surface area contributed by atoms with E-state index >= 15 is 0 Å².